The minimum atomic E-state index is -0.219. The zero-order chi connectivity index (χ0) is 16.4. The number of halogens is 1. The van der Waals surface area contributed by atoms with Crippen molar-refractivity contribution >= 4 is 0 Å². The second kappa shape index (κ2) is 10.4. The SMILES string of the molecule is CCC(N)Cc1cc(OC)c(CCCCCCF)cc1OC. The molecule has 0 aliphatic rings. The second-order valence-electron chi connectivity index (χ2n) is 5.70. The van der Waals surface area contributed by atoms with Crippen molar-refractivity contribution < 1.29 is 13.9 Å². The predicted molar refractivity (Wildman–Crippen MR) is 89.7 cm³/mol. The highest BCUT2D eigenvalue weighted by Gasteiger charge is 2.13. The van der Waals surface area contributed by atoms with Gasteiger partial charge in [-0.25, -0.2) is 0 Å². The van der Waals surface area contributed by atoms with E-state index in [1.54, 1.807) is 14.2 Å². The summed E-state index contributed by atoms with van der Waals surface area (Å²) < 4.78 is 23.1. The molecule has 0 saturated heterocycles. The summed E-state index contributed by atoms with van der Waals surface area (Å²) in [6.07, 6.45) is 6.32. The Bertz CT molecular complexity index is 437. The number of hydrogen-bond donors (Lipinski definition) is 1. The van der Waals surface area contributed by atoms with Gasteiger partial charge in [0.25, 0.3) is 0 Å². The first kappa shape index (κ1) is 18.8. The quantitative estimate of drug-likeness (QED) is 0.627. The van der Waals surface area contributed by atoms with Crippen molar-refractivity contribution in [1.29, 1.82) is 0 Å². The molecule has 0 heterocycles. The average molecular weight is 311 g/mol. The number of unbranched alkanes of at least 4 members (excludes halogenated alkanes) is 3. The van der Waals surface area contributed by atoms with Gasteiger partial charge in [0.2, 0.25) is 0 Å². The summed E-state index contributed by atoms with van der Waals surface area (Å²) in [7, 11) is 3.38. The van der Waals surface area contributed by atoms with E-state index in [2.05, 4.69) is 13.0 Å². The first-order valence-corrected chi connectivity index (χ1v) is 8.21. The van der Waals surface area contributed by atoms with Crippen LogP contribution in [0.4, 0.5) is 4.39 Å². The molecule has 0 fully saturated rings. The summed E-state index contributed by atoms with van der Waals surface area (Å²) in [4.78, 5) is 0. The van der Waals surface area contributed by atoms with Crippen molar-refractivity contribution in [3.8, 4) is 11.5 Å². The van der Waals surface area contributed by atoms with Crippen LogP contribution < -0.4 is 15.2 Å². The average Bonchev–Trinajstić information content (AvgIpc) is 2.54. The Labute approximate surface area is 134 Å². The molecule has 0 spiro atoms. The molecular weight excluding hydrogens is 281 g/mol. The molecule has 0 aliphatic heterocycles. The summed E-state index contributed by atoms with van der Waals surface area (Å²) >= 11 is 0. The Hall–Kier alpha value is -1.29. The van der Waals surface area contributed by atoms with Crippen LogP contribution in [0.3, 0.4) is 0 Å². The third kappa shape index (κ3) is 5.84. The maximum atomic E-state index is 12.1. The van der Waals surface area contributed by atoms with Gasteiger partial charge < -0.3 is 15.2 Å². The molecular formula is C18H30FNO2. The molecule has 0 aliphatic carbocycles. The lowest BCUT2D eigenvalue weighted by atomic mass is 9.98. The predicted octanol–water partition coefficient (Wildman–Crippen LogP) is 4.06. The van der Waals surface area contributed by atoms with Crippen molar-refractivity contribution in [1.82, 2.24) is 0 Å². The number of ether oxygens (including phenoxy) is 2. The molecule has 0 saturated carbocycles. The van der Waals surface area contributed by atoms with Crippen LogP contribution in [0.5, 0.6) is 11.5 Å². The minimum absolute atomic E-state index is 0.130. The molecule has 0 bridgehead atoms. The molecule has 1 unspecified atom stereocenters. The van der Waals surface area contributed by atoms with Crippen LogP contribution in [0.25, 0.3) is 0 Å². The van der Waals surface area contributed by atoms with Gasteiger partial charge in [0.15, 0.2) is 0 Å². The smallest absolute Gasteiger partial charge is 0.122 e. The summed E-state index contributed by atoms with van der Waals surface area (Å²) in [5.74, 6) is 1.77. The molecule has 3 nitrogen and oxygen atoms in total. The molecule has 0 aromatic heterocycles. The Balaban J connectivity index is 2.80. The fourth-order valence-corrected chi connectivity index (χ4v) is 2.57. The van der Waals surface area contributed by atoms with Gasteiger partial charge in [-0.15, -0.1) is 0 Å². The van der Waals surface area contributed by atoms with E-state index in [1.165, 1.54) is 0 Å². The normalized spacial score (nSPS) is 12.2. The number of methoxy groups -OCH3 is 2. The lowest BCUT2D eigenvalue weighted by Crippen LogP contribution is -2.21. The van der Waals surface area contributed by atoms with Crippen LogP contribution >= 0.6 is 0 Å². The van der Waals surface area contributed by atoms with E-state index >= 15 is 0 Å². The molecule has 1 rings (SSSR count). The van der Waals surface area contributed by atoms with Crippen LogP contribution in [0.1, 0.15) is 50.2 Å². The highest BCUT2D eigenvalue weighted by Crippen LogP contribution is 2.31. The first-order chi connectivity index (χ1) is 10.7. The Kier molecular flexibility index (Phi) is 8.90. The van der Waals surface area contributed by atoms with E-state index in [0.717, 1.165) is 61.2 Å². The molecule has 126 valence electrons. The number of benzene rings is 1. The molecule has 1 atom stereocenters. The molecule has 0 amide bonds. The van der Waals surface area contributed by atoms with Gasteiger partial charge in [0.05, 0.1) is 20.9 Å². The van der Waals surface area contributed by atoms with E-state index in [1.807, 2.05) is 6.07 Å². The van der Waals surface area contributed by atoms with Gasteiger partial charge in [0.1, 0.15) is 11.5 Å². The maximum Gasteiger partial charge on any atom is 0.122 e. The van der Waals surface area contributed by atoms with Crippen LogP contribution in [0, 0.1) is 0 Å². The maximum absolute atomic E-state index is 12.1. The standard InChI is InChI=1S/C18H30FNO2/c1-4-16(20)11-15-13-17(21-2)14(12-18(15)22-3)9-7-5-6-8-10-19/h12-13,16H,4-11,20H2,1-3H3. The van der Waals surface area contributed by atoms with Crippen molar-refractivity contribution in [2.45, 2.75) is 57.9 Å². The van der Waals surface area contributed by atoms with Gasteiger partial charge in [-0.2, -0.15) is 0 Å². The van der Waals surface area contributed by atoms with Crippen LogP contribution in [-0.2, 0) is 12.8 Å². The fourth-order valence-electron chi connectivity index (χ4n) is 2.57. The topological polar surface area (TPSA) is 44.5 Å². The van der Waals surface area contributed by atoms with Gasteiger partial charge in [-0.05, 0) is 55.4 Å². The van der Waals surface area contributed by atoms with E-state index in [-0.39, 0.29) is 12.7 Å². The van der Waals surface area contributed by atoms with Crippen molar-refractivity contribution in [3.63, 3.8) is 0 Å². The van der Waals surface area contributed by atoms with Crippen LogP contribution in [0.15, 0.2) is 12.1 Å². The molecule has 0 radical (unpaired) electrons. The number of aryl methyl sites for hydroxylation is 1. The van der Waals surface area contributed by atoms with Crippen molar-refractivity contribution in [3.05, 3.63) is 23.3 Å². The van der Waals surface area contributed by atoms with Gasteiger partial charge in [-0.3, -0.25) is 4.39 Å². The van der Waals surface area contributed by atoms with Crippen LogP contribution in [0.2, 0.25) is 0 Å². The van der Waals surface area contributed by atoms with E-state index < -0.39 is 0 Å². The van der Waals surface area contributed by atoms with Gasteiger partial charge >= 0.3 is 0 Å². The molecule has 1 aromatic carbocycles. The minimum Gasteiger partial charge on any atom is -0.496 e. The molecule has 4 heteroatoms. The third-order valence-electron chi connectivity index (χ3n) is 4.02. The lowest BCUT2D eigenvalue weighted by molar-refractivity contribution is 0.392. The van der Waals surface area contributed by atoms with Crippen molar-refractivity contribution in [2.24, 2.45) is 5.73 Å². The molecule has 1 aromatic rings. The summed E-state index contributed by atoms with van der Waals surface area (Å²) in [5, 5.41) is 0. The lowest BCUT2D eigenvalue weighted by Gasteiger charge is -2.17. The van der Waals surface area contributed by atoms with E-state index in [9.17, 15) is 4.39 Å². The number of alkyl halides is 1. The largest absolute Gasteiger partial charge is 0.496 e. The number of nitrogens with two attached hydrogens (primary N) is 1. The van der Waals surface area contributed by atoms with Gasteiger partial charge in [0, 0.05) is 6.04 Å². The third-order valence-corrected chi connectivity index (χ3v) is 4.02. The zero-order valence-electron chi connectivity index (χ0n) is 14.2. The highest BCUT2D eigenvalue weighted by molar-refractivity contribution is 5.47. The summed E-state index contributed by atoms with van der Waals surface area (Å²) in [6, 6.07) is 4.24. The Morgan fingerprint density at radius 1 is 1.00 bits per heavy atom. The zero-order valence-corrected chi connectivity index (χ0v) is 14.2. The fraction of sp³-hybridized carbons (Fsp3) is 0.667. The van der Waals surface area contributed by atoms with Gasteiger partial charge in [-0.1, -0.05) is 19.8 Å². The Morgan fingerprint density at radius 3 is 2.18 bits per heavy atom. The summed E-state index contributed by atoms with van der Waals surface area (Å²) in [5.41, 5.74) is 8.30. The molecule has 2 N–H and O–H groups in total. The van der Waals surface area contributed by atoms with Crippen molar-refractivity contribution in [2.75, 3.05) is 20.9 Å². The van der Waals surface area contributed by atoms with Crippen LogP contribution in [-0.4, -0.2) is 26.9 Å². The second-order valence-corrected chi connectivity index (χ2v) is 5.70. The monoisotopic (exact) mass is 311 g/mol. The highest BCUT2D eigenvalue weighted by atomic mass is 19.1. The number of rotatable bonds is 11. The van der Waals surface area contributed by atoms with E-state index in [4.69, 9.17) is 15.2 Å². The molecule has 22 heavy (non-hydrogen) atoms. The summed E-state index contributed by atoms with van der Waals surface area (Å²) in [6.45, 7) is 1.86. The van der Waals surface area contributed by atoms with E-state index in [0.29, 0.717) is 6.42 Å². The Morgan fingerprint density at radius 2 is 1.59 bits per heavy atom. The first-order valence-electron chi connectivity index (χ1n) is 8.21. The number of hydrogen-bond acceptors (Lipinski definition) is 3.